The maximum atomic E-state index is 5.54. The summed E-state index contributed by atoms with van der Waals surface area (Å²) in [6.07, 6.45) is 3.98. The number of nitrogens with two attached hydrogens (primary N) is 1. The predicted molar refractivity (Wildman–Crippen MR) is 60.1 cm³/mol. The Labute approximate surface area is 102 Å². The number of rotatable bonds is 4. The van der Waals surface area contributed by atoms with Crippen molar-refractivity contribution in [2.24, 2.45) is 5.73 Å². The van der Waals surface area contributed by atoms with Crippen LogP contribution in [0.3, 0.4) is 0 Å². The van der Waals surface area contributed by atoms with Crippen LogP contribution in [0.1, 0.15) is 24.6 Å². The van der Waals surface area contributed by atoms with Gasteiger partial charge in [-0.2, -0.15) is 0 Å². The lowest BCUT2D eigenvalue weighted by Gasteiger charge is -2.01. The normalized spacial score (nSPS) is 15.1. The second kappa shape index (κ2) is 4.38. The first kappa shape index (κ1) is 10.6. The van der Waals surface area contributed by atoms with E-state index in [0.29, 0.717) is 17.7 Å². The van der Waals surface area contributed by atoms with E-state index in [-0.39, 0.29) is 0 Å². The molecule has 2 aromatic rings. The first-order valence-electron chi connectivity index (χ1n) is 5.34. The molecular weight excluding hydrogens is 238 g/mol. The van der Waals surface area contributed by atoms with Crippen molar-refractivity contribution in [1.82, 2.24) is 30.2 Å². The van der Waals surface area contributed by atoms with Gasteiger partial charge in [0.1, 0.15) is 0 Å². The van der Waals surface area contributed by atoms with Crippen LogP contribution in [-0.4, -0.2) is 30.2 Å². The molecule has 0 aliphatic heterocycles. The van der Waals surface area contributed by atoms with Gasteiger partial charge in [0.15, 0.2) is 5.16 Å². The van der Waals surface area contributed by atoms with Gasteiger partial charge in [-0.25, -0.2) is 14.6 Å². The number of hydrogen-bond acceptors (Lipinski definition) is 7. The van der Waals surface area contributed by atoms with Crippen molar-refractivity contribution in [3.8, 4) is 0 Å². The summed E-state index contributed by atoms with van der Waals surface area (Å²) in [5, 5.41) is 13.0. The Kier molecular flexibility index (Phi) is 2.73. The molecule has 1 saturated carbocycles. The van der Waals surface area contributed by atoms with E-state index in [1.54, 1.807) is 12.3 Å². The Morgan fingerprint density at radius 3 is 3.12 bits per heavy atom. The van der Waals surface area contributed by atoms with Crippen LogP contribution < -0.4 is 5.73 Å². The van der Waals surface area contributed by atoms with Crippen molar-refractivity contribution in [2.45, 2.75) is 35.7 Å². The molecule has 17 heavy (non-hydrogen) atoms. The lowest BCUT2D eigenvalue weighted by Crippen LogP contribution is -2.02. The van der Waals surface area contributed by atoms with Gasteiger partial charge in [-0.05, 0) is 41.1 Å². The Balaban J connectivity index is 1.83. The van der Waals surface area contributed by atoms with Crippen molar-refractivity contribution >= 4 is 11.8 Å². The molecule has 0 atom stereocenters. The summed E-state index contributed by atoms with van der Waals surface area (Å²) in [6, 6.07) is 2.25. The Morgan fingerprint density at radius 1 is 1.47 bits per heavy atom. The minimum absolute atomic E-state index is 0.406. The summed E-state index contributed by atoms with van der Waals surface area (Å²) in [6.45, 7) is 0.406. The Bertz CT molecular complexity index is 522. The van der Waals surface area contributed by atoms with Crippen LogP contribution in [0.4, 0.5) is 0 Å². The average Bonchev–Trinajstić information content (AvgIpc) is 3.11. The van der Waals surface area contributed by atoms with Crippen molar-refractivity contribution in [3.63, 3.8) is 0 Å². The average molecular weight is 249 g/mol. The quantitative estimate of drug-likeness (QED) is 0.784. The van der Waals surface area contributed by atoms with Gasteiger partial charge in [0, 0.05) is 12.7 Å². The molecule has 0 amide bonds. The van der Waals surface area contributed by atoms with E-state index in [1.807, 2.05) is 4.68 Å². The van der Waals surface area contributed by atoms with Crippen molar-refractivity contribution in [1.29, 1.82) is 0 Å². The molecular formula is C9H11N7S. The zero-order valence-electron chi connectivity index (χ0n) is 9.02. The highest BCUT2D eigenvalue weighted by molar-refractivity contribution is 7.99. The summed E-state index contributed by atoms with van der Waals surface area (Å²) in [5.74, 6) is 0. The summed E-state index contributed by atoms with van der Waals surface area (Å²) < 4.78 is 1.84. The predicted octanol–water partition coefficient (Wildman–Crippen LogP) is 0.408. The third-order valence-corrected chi connectivity index (χ3v) is 3.27. The fourth-order valence-electron chi connectivity index (χ4n) is 1.42. The first-order chi connectivity index (χ1) is 8.36. The molecule has 3 rings (SSSR count). The Hall–Kier alpha value is -1.54. The standard InChI is InChI=1S/C9H11N7S/c10-5-6-3-4-11-8(12-6)17-9-13-14-15-16(9)7-1-2-7/h3-4,7H,1-2,5,10H2. The molecule has 0 saturated heterocycles. The molecule has 0 radical (unpaired) electrons. The molecule has 0 bridgehead atoms. The lowest BCUT2D eigenvalue weighted by atomic mass is 10.4. The van der Waals surface area contributed by atoms with Gasteiger partial charge in [-0.1, -0.05) is 0 Å². The summed E-state index contributed by atoms with van der Waals surface area (Å²) >= 11 is 1.37. The lowest BCUT2D eigenvalue weighted by molar-refractivity contribution is 0.565. The molecule has 8 heteroatoms. The van der Waals surface area contributed by atoms with E-state index in [2.05, 4.69) is 25.5 Å². The minimum Gasteiger partial charge on any atom is -0.325 e. The number of nitrogens with zero attached hydrogens (tertiary/aromatic N) is 6. The van der Waals surface area contributed by atoms with Gasteiger partial charge < -0.3 is 5.73 Å². The molecule has 2 N–H and O–H groups in total. The second-order valence-corrected chi connectivity index (χ2v) is 4.71. The molecule has 0 spiro atoms. The van der Waals surface area contributed by atoms with Crippen LogP contribution in [0.15, 0.2) is 22.6 Å². The fraction of sp³-hybridized carbons (Fsp3) is 0.444. The smallest absolute Gasteiger partial charge is 0.217 e. The summed E-state index contributed by atoms with van der Waals surface area (Å²) in [4.78, 5) is 8.48. The van der Waals surface area contributed by atoms with Crippen LogP contribution in [0.5, 0.6) is 0 Å². The fourth-order valence-corrected chi connectivity index (χ4v) is 2.22. The summed E-state index contributed by atoms with van der Waals surface area (Å²) in [7, 11) is 0. The third kappa shape index (κ3) is 2.27. The van der Waals surface area contributed by atoms with Gasteiger partial charge in [0.05, 0.1) is 11.7 Å². The molecule has 7 nitrogen and oxygen atoms in total. The van der Waals surface area contributed by atoms with E-state index < -0.39 is 0 Å². The maximum Gasteiger partial charge on any atom is 0.217 e. The third-order valence-electron chi connectivity index (χ3n) is 2.44. The summed E-state index contributed by atoms with van der Waals surface area (Å²) in [5.41, 5.74) is 6.35. The molecule has 2 heterocycles. The van der Waals surface area contributed by atoms with Gasteiger partial charge in [-0.3, -0.25) is 0 Å². The molecule has 0 aromatic carbocycles. The Morgan fingerprint density at radius 2 is 2.35 bits per heavy atom. The zero-order valence-corrected chi connectivity index (χ0v) is 9.84. The van der Waals surface area contributed by atoms with Gasteiger partial charge in [-0.15, -0.1) is 5.10 Å². The number of aromatic nitrogens is 6. The largest absolute Gasteiger partial charge is 0.325 e. The molecule has 0 unspecified atom stereocenters. The van der Waals surface area contributed by atoms with E-state index in [4.69, 9.17) is 5.73 Å². The topological polar surface area (TPSA) is 95.4 Å². The van der Waals surface area contributed by atoms with Crippen LogP contribution in [0.2, 0.25) is 0 Å². The van der Waals surface area contributed by atoms with E-state index in [0.717, 1.165) is 23.7 Å². The molecule has 2 aromatic heterocycles. The van der Waals surface area contributed by atoms with Gasteiger partial charge in [0.25, 0.3) is 0 Å². The van der Waals surface area contributed by atoms with E-state index in [9.17, 15) is 0 Å². The SMILES string of the molecule is NCc1ccnc(Sc2nnnn2C2CC2)n1. The highest BCUT2D eigenvalue weighted by Gasteiger charge is 2.28. The molecule has 1 aliphatic rings. The maximum absolute atomic E-state index is 5.54. The number of tetrazole rings is 1. The van der Waals surface area contributed by atoms with Gasteiger partial charge >= 0.3 is 0 Å². The van der Waals surface area contributed by atoms with E-state index >= 15 is 0 Å². The molecule has 1 aliphatic carbocycles. The highest BCUT2D eigenvalue weighted by atomic mass is 32.2. The first-order valence-corrected chi connectivity index (χ1v) is 6.16. The molecule has 1 fully saturated rings. The monoisotopic (exact) mass is 249 g/mol. The van der Waals surface area contributed by atoms with E-state index in [1.165, 1.54) is 11.8 Å². The molecule has 88 valence electrons. The van der Waals surface area contributed by atoms with Crippen molar-refractivity contribution in [3.05, 3.63) is 18.0 Å². The van der Waals surface area contributed by atoms with Crippen molar-refractivity contribution in [2.75, 3.05) is 0 Å². The number of hydrogen-bond donors (Lipinski definition) is 1. The van der Waals surface area contributed by atoms with Crippen LogP contribution in [0.25, 0.3) is 0 Å². The zero-order chi connectivity index (χ0) is 11.7. The van der Waals surface area contributed by atoms with Crippen LogP contribution in [-0.2, 0) is 6.54 Å². The van der Waals surface area contributed by atoms with Gasteiger partial charge in [0.2, 0.25) is 5.16 Å². The highest BCUT2D eigenvalue weighted by Crippen LogP contribution is 2.37. The van der Waals surface area contributed by atoms with Crippen LogP contribution in [0, 0.1) is 0 Å². The minimum atomic E-state index is 0.406. The second-order valence-electron chi connectivity index (χ2n) is 3.77. The van der Waals surface area contributed by atoms with Crippen LogP contribution >= 0.6 is 11.8 Å². The van der Waals surface area contributed by atoms with Crippen molar-refractivity contribution < 1.29 is 0 Å².